The van der Waals surface area contributed by atoms with E-state index in [1.807, 2.05) is 11.9 Å². The Morgan fingerprint density at radius 1 is 1.14 bits per heavy atom. The van der Waals surface area contributed by atoms with Gasteiger partial charge in [0.2, 0.25) is 5.91 Å². The Balaban J connectivity index is 1.78. The van der Waals surface area contributed by atoms with Gasteiger partial charge in [-0.15, -0.1) is 0 Å². The van der Waals surface area contributed by atoms with Gasteiger partial charge in [0.1, 0.15) is 6.67 Å². The number of hydrogen-bond acceptors (Lipinski definition) is 2. The zero-order chi connectivity index (χ0) is 20.3. The predicted octanol–water partition coefficient (Wildman–Crippen LogP) is 4.55. The summed E-state index contributed by atoms with van der Waals surface area (Å²) >= 11 is 0. The Bertz CT molecular complexity index is 851. The third kappa shape index (κ3) is 4.70. The number of nitrogens with zero attached hydrogens (tertiary/aromatic N) is 1. The van der Waals surface area contributed by atoms with Crippen molar-refractivity contribution < 1.29 is 22.4 Å². The van der Waals surface area contributed by atoms with E-state index in [2.05, 4.69) is 5.32 Å². The van der Waals surface area contributed by atoms with Gasteiger partial charge in [0, 0.05) is 6.54 Å². The van der Waals surface area contributed by atoms with Crippen LogP contribution in [0.3, 0.4) is 0 Å². The Hall–Kier alpha value is -2.41. The summed E-state index contributed by atoms with van der Waals surface area (Å²) in [7, 11) is 1.91. The van der Waals surface area contributed by atoms with E-state index in [-0.39, 0.29) is 24.1 Å². The molecule has 0 spiro atoms. The van der Waals surface area contributed by atoms with Gasteiger partial charge >= 0.3 is 6.18 Å². The van der Waals surface area contributed by atoms with Crippen LogP contribution in [-0.2, 0) is 24.2 Å². The lowest BCUT2D eigenvalue weighted by molar-refractivity contribution is -0.137. The zero-order valence-corrected chi connectivity index (χ0v) is 15.5. The predicted molar refractivity (Wildman–Crippen MR) is 99.2 cm³/mol. The zero-order valence-electron chi connectivity index (χ0n) is 15.5. The van der Waals surface area contributed by atoms with Crippen molar-refractivity contribution in [1.82, 2.24) is 10.2 Å². The highest BCUT2D eigenvalue weighted by atomic mass is 19.4. The highest BCUT2D eigenvalue weighted by Crippen LogP contribution is 2.34. The molecule has 1 N–H and O–H groups in total. The summed E-state index contributed by atoms with van der Waals surface area (Å²) < 4.78 is 52.3. The van der Waals surface area contributed by atoms with Crippen molar-refractivity contribution in [3.8, 4) is 11.1 Å². The second-order valence-electron chi connectivity index (χ2n) is 7.11. The molecule has 1 fully saturated rings. The summed E-state index contributed by atoms with van der Waals surface area (Å²) in [6.07, 6.45) is -2.74. The standard InChI is InChI=1S/C21H22F4N2O/c1-27-7-3-6-19(27)20(28)26-13-14-4-2-5-16(8-14)17-9-15(12-22)10-18(11-17)21(23,24)25/h2,4-5,8-11,19H,3,6-7,12-13H2,1H3,(H,26,28)/t19-/m0/s1. The fourth-order valence-corrected chi connectivity index (χ4v) is 3.51. The van der Waals surface area contributed by atoms with Gasteiger partial charge in [-0.25, -0.2) is 4.39 Å². The summed E-state index contributed by atoms with van der Waals surface area (Å²) in [6, 6.07) is 10.0. The van der Waals surface area contributed by atoms with Crippen molar-refractivity contribution in [3.63, 3.8) is 0 Å². The molecule has 0 radical (unpaired) electrons. The van der Waals surface area contributed by atoms with E-state index >= 15 is 0 Å². The average Bonchev–Trinajstić information content (AvgIpc) is 3.11. The summed E-state index contributed by atoms with van der Waals surface area (Å²) in [6.45, 7) is 0.202. The quantitative estimate of drug-likeness (QED) is 0.755. The molecule has 2 aromatic rings. The van der Waals surface area contributed by atoms with Gasteiger partial charge in [0.05, 0.1) is 11.6 Å². The fraction of sp³-hybridized carbons (Fsp3) is 0.381. The van der Waals surface area contributed by atoms with Crippen LogP contribution in [-0.4, -0.2) is 30.4 Å². The van der Waals surface area contributed by atoms with Crippen molar-refractivity contribution in [2.75, 3.05) is 13.6 Å². The molecule has 3 rings (SSSR count). The number of amides is 1. The molecule has 3 nitrogen and oxygen atoms in total. The van der Waals surface area contributed by atoms with Gasteiger partial charge in [-0.1, -0.05) is 18.2 Å². The van der Waals surface area contributed by atoms with Gasteiger partial charge in [-0.2, -0.15) is 13.2 Å². The lowest BCUT2D eigenvalue weighted by atomic mass is 9.98. The molecule has 1 atom stereocenters. The van der Waals surface area contributed by atoms with E-state index in [1.54, 1.807) is 24.3 Å². The maximum absolute atomic E-state index is 13.1. The van der Waals surface area contributed by atoms with Gasteiger partial charge in [0.15, 0.2) is 0 Å². The third-order valence-corrected chi connectivity index (χ3v) is 5.02. The van der Waals surface area contributed by atoms with E-state index in [0.29, 0.717) is 11.1 Å². The van der Waals surface area contributed by atoms with Crippen LogP contribution in [0.25, 0.3) is 11.1 Å². The smallest absolute Gasteiger partial charge is 0.351 e. The Morgan fingerprint density at radius 3 is 2.54 bits per heavy atom. The van der Waals surface area contributed by atoms with Crippen molar-refractivity contribution in [2.45, 2.75) is 38.3 Å². The average molecular weight is 394 g/mol. The van der Waals surface area contributed by atoms with Gasteiger partial charge in [-0.3, -0.25) is 9.69 Å². The van der Waals surface area contributed by atoms with Gasteiger partial charge in [0.25, 0.3) is 0 Å². The SMILES string of the molecule is CN1CCC[C@H]1C(=O)NCc1cccc(-c2cc(CF)cc(C(F)(F)F)c2)c1. The summed E-state index contributed by atoms with van der Waals surface area (Å²) in [5, 5.41) is 2.89. The topological polar surface area (TPSA) is 32.3 Å². The number of carbonyl (C=O) groups is 1. The molecule has 0 unspecified atom stereocenters. The minimum Gasteiger partial charge on any atom is -0.351 e. The number of rotatable bonds is 5. The Morgan fingerprint density at radius 2 is 1.89 bits per heavy atom. The van der Waals surface area contributed by atoms with Gasteiger partial charge in [-0.05, 0) is 73.0 Å². The molecule has 150 valence electrons. The molecule has 28 heavy (non-hydrogen) atoms. The van der Waals surface area contributed by atoms with Crippen molar-refractivity contribution in [3.05, 3.63) is 59.2 Å². The molecular formula is C21H22F4N2O. The molecular weight excluding hydrogens is 372 g/mol. The molecule has 1 saturated heterocycles. The number of benzene rings is 2. The number of halogens is 4. The first-order valence-corrected chi connectivity index (χ1v) is 9.12. The second-order valence-corrected chi connectivity index (χ2v) is 7.11. The molecule has 0 aliphatic carbocycles. The highest BCUT2D eigenvalue weighted by Gasteiger charge is 2.31. The molecule has 1 amide bonds. The number of likely N-dealkylation sites (N-methyl/N-ethyl adjacent to an activating group) is 1. The van der Waals surface area contributed by atoms with Crippen LogP contribution in [0.1, 0.15) is 29.5 Å². The summed E-state index contributed by atoms with van der Waals surface area (Å²) in [5.41, 5.74) is 0.718. The highest BCUT2D eigenvalue weighted by molar-refractivity contribution is 5.82. The number of likely N-dealkylation sites (tertiary alicyclic amines) is 1. The molecule has 0 bridgehead atoms. The number of alkyl halides is 4. The minimum atomic E-state index is -4.54. The normalized spacial score (nSPS) is 17.7. The fourth-order valence-electron chi connectivity index (χ4n) is 3.51. The van der Waals surface area contributed by atoms with Crippen LogP contribution in [0, 0.1) is 0 Å². The van der Waals surface area contributed by atoms with Crippen molar-refractivity contribution >= 4 is 5.91 Å². The summed E-state index contributed by atoms with van der Waals surface area (Å²) in [4.78, 5) is 14.3. The maximum atomic E-state index is 13.1. The van der Waals surface area contributed by atoms with E-state index in [9.17, 15) is 22.4 Å². The number of carbonyl (C=O) groups excluding carboxylic acids is 1. The van der Waals surface area contributed by atoms with Crippen LogP contribution in [0.5, 0.6) is 0 Å². The van der Waals surface area contributed by atoms with Crippen LogP contribution < -0.4 is 5.32 Å². The first-order chi connectivity index (χ1) is 13.3. The van der Waals surface area contributed by atoms with Crippen LogP contribution in [0.15, 0.2) is 42.5 Å². The van der Waals surface area contributed by atoms with E-state index in [4.69, 9.17) is 0 Å². The van der Waals surface area contributed by atoms with E-state index in [1.165, 1.54) is 6.07 Å². The minimum absolute atomic E-state index is 0.0206. The third-order valence-electron chi connectivity index (χ3n) is 5.02. The second kappa shape index (κ2) is 8.31. The Labute approximate surface area is 161 Å². The number of hydrogen-bond donors (Lipinski definition) is 1. The molecule has 1 aliphatic rings. The molecule has 2 aromatic carbocycles. The molecule has 1 aliphatic heterocycles. The van der Waals surface area contributed by atoms with Crippen LogP contribution in [0.2, 0.25) is 0 Å². The van der Waals surface area contributed by atoms with Crippen LogP contribution in [0.4, 0.5) is 17.6 Å². The molecule has 0 aromatic heterocycles. The maximum Gasteiger partial charge on any atom is 0.416 e. The lowest BCUT2D eigenvalue weighted by Gasteiger charge is -2.18. The van der Waals surface area contributed by atoms with E-state index in [0.717, 1.165) is 37.1 Å². The largest absolute Gasteiger partial charge is 0.416 e. The first kappa shape index (κ1) is 20.3. The summed E-state index contributed by atoms with van der Waals surface area (Å²) in [5.74, 6) is -0.0517. The monoisotopic (exact) mass is 394 g/mol. The van der Waals surface area contributed by atoms with Crippen molar-refractivity contribution in [1.29, 1.82) is 0 Å². The molecule has 7 heteroatoms. The van der Waals surface area contributed by atoms with Crippen LogP contribution >= 0.6 is 0 Å². The lowest BCUT2D eigenvalue weighted by Crippen LogP contribution is -2.41. The number of nitrogens with one attached hydrogen (secondary N) is 1. The first-order valence-electron chi connectivity index (χ1n) is 9.12. The van der Waals surface area contributed by atoms with Gasteiger partial charge < -0.3 is 5.32 Å². The molecule has 0 saturated carbocycles. The van der Waals surface area contributed by atoms with E-state index < -0.39 is 18.4 Å². The Kier molecular flexibility index (Phi) is 6.03. The molecule has 1 heterocycles. The van der Waals surface area contributed by atoms with Crippen molar-refractivity contribution in [2.24, 2.45) is 0 Å².